The van der Waals surface area contributed by atoms with Crippen LogP contribution in [0.25, 0.3) is 0 Å². The molecule has 0 saturated carbocycles. The summed E-state index contributed by atoms with van der Waals surface area (Å²) in [6, 6.07) is 5.31. The lowest BCUT2D eigenvalue weighted by atomic mass is 10.2. The molecule has 2 N–H and O–H groups in total. The van der Waals surface area contributed by atoms with E-state index in [1.54, 1.807) is 45.7 Å². The Balaban J connectivity index is 2.23. The quantitative estimate of drug-likeness (QED) is 0.753. The number of hydrogen-bond donors (Lipinski definition) is 2. The van der Waals surface area contributed by atoms with Crippen molar-refractivity contribution >= 4 is 17.3 Å². The van der Waals surface area contributed by atoms with Gasteiger partial charge in [0.1, 0.15) is 0 Å². The molecular formula is C19H25N3O4. The van der Waals surface area contributed by atoms with Crippen LogP contribution in [0, 0.1) is 5.92 Å². The Morgan fingerprint density at radius 1 is 1.00 bits per heavy atom. The second kappa shape index (κ2) is 8.94. The minimum Gasteiger partial charge on any atom is -0.493 e. The van der Waals surface area contributed by atoms with Gasteiger partial charge in [-0.1, -0.05) is 13.8 Å². The van der Waals surface area contributed by atoms with Crippen LogP contribution in [-0.4, -0.2) is 38.8 Å². The molecule has 1 aromatic heterocycles. The molecular weight excluding hydrogens is 334 g/mol. The third-order valence-corrected chi connectivity index (χ3v) is 3.62. The predicted octanol–water partition coefficient (Wildman–Crippen LogP) is 3.24. The summed E-state index contributed by atoms with van der Waals surface area (Å²) in [4.78, 5) is 16.3. The van der Waals surface area contributed by atoms with Gasteiger partial charge in [0.2, 0.25) is 5.75 Å². The monoisotopic (exact) mass is 359 g/mol. The first-order valence-electron chi connectivity index (χ1n) is 8.28. The third-order valence-electron chi connectivity index (χ3n) is 3.62. The summed E-state index contributed by atoms with van der Waals surface area (Å²) in [5, 5.41) is 6.08. The van der Waals surface area contributed by atoms with Crippen LogP contribution < -0.4 is 24.8 Å². The summed E-state index contributed by atoms with van der Waals surface area (Å²) < 4.78 is 16.0. The standard InChI is InChI=1S/C19H25N3O4/c1-12(2)9-21-19(23)13-6-15(11-20-10-13)22-14-7-16(24-3)18(26-5)17(8-14)25-4/h6-8,10-12,22H,9H2,1-5H3,(H,21,23). The number of nitrogens with one attached hydrogen (secondary N) is 2. The number of carbonyl (C=O) groups excluding carboxylic acids is 1. The normalized spacial score (nSPS) is 10.4. The van der Waals surface area contributed by atoms with Gasteiger partial charge in [0.15, 0.2) is 11.5 Å². The number of aromatic nitrogens is 1. The Bertz CT molecular complexity index is 737. The first kappa shape index (κ1) is 19.4. The van der Waals surface area contributed by atoms with Gasteiger partial charge >= 0.3 is 0 Å². The number of amides is 1. The smallest absolute Gasteiger partial charge is 0.252 e. The minimum atomic E-state index is -0.153. The largest absolute Gasteiger partial charge is 0.493 e. The van der Waals surface area contributed by atoms with E-state index >= 15 is 0 Å². The molecule has 1 heterocycles. The van der Waals surface area contributed by atoms with Crippen molar-refractivity contribution in [3.63, 3.8) is 0 Å². The number of methoxy groups -OCH3 is 3. The van der Waals surface area contributed by atoms with Gasteiger partial charge in [-0.2, -0.15) is 0 Å². The fraction of sp³-hybridized carbons (Fsp3) is 0.368. The van der Waals surface area contributed by atoms with Gasteiger partial charge in [-0.15, -0.1) is 0 Å². The number of ether oxygens (including phenoxy) is 3. The van der Waals surface area contributed by atoms with Crippen LogP contribution in [0.3, 0.4) is 0 Å². The molecule has 0 atom stereocenters. The summed E-state index contributed by atoms with van der Waals surface area (Å²) in [5.41, 5.74) is 1.89. The molecule has 0 bridgehead atoms. The molecule has 1 aromatic carbocycles. The SMILES string of the molecule is COc1cc(Nc2cncc(C(=O)NCC(C)C)c2)cc(OC)c1OC. The first-order chi connectivity index (χ1) is 12.5. The molecule has 0 aliphatic carbocycles. The van der Waals surface area contributed by atoms with E-state index in [-0.39, 0.29) is 5.91 Å². The fourth-order valence-electron chi connectivity index (χ4n) is 2.35. The highest BCUT2D eigenvalue weighted by Gasteiger charge is 2.14. The van der Waals surface area contributed by atoms with Gasteiger partial charge in [0.05, 0.1) is 38.8 Å². The van der Waals surface area contributed by atoms with Crippen LogP contribution in [0.2, 0.25) is 0 Å². The summed E-state index contributed by atoms with van der Waals surface area (Å²) in [7, 11) is 4.67. The number of nitrogens with zero attached hydrogens (tertiary/aromatic N) is 1. The van der Waals surface area contributed by atoms with Crippen LogP contribution in [0.1, 0.15) is 24.2 Å². The average molecular weight is 359 g/mol. The zero-order valence-corrected chi connectivity index (χ0v) is 15.8. The van der Waals surface area contributed by atoms with Crippen LogP contribution in [0.15, 0.2) is 30.6 Å². The second-order valence-electron chi connectivity index (χ2n) is 6.11. The Morgan fingerprint density at radius 2 is 1.65 bits per heavy atom. The molecule has 0 saturated heterocycles. The molecule has 0 unspecified atom stereocenters. The first-order valence-corrected chi connectivity index (χ1v) is 8.28. The highest BCUT2D eigenvalue weighted by molar-refractivity contribution is 5.94. The Morgan fingerprint density at radius 3 is 2.19 bits per heavy atom. The molecule has 7 nitrogen and oxygen atoms in total. The van der Waals surface area contributed by atoms with E-state index in [1.807, 2.05) is 13.8 Å². The molecule has 140 valence electrons. The van der Waals surface area contributed by atoms with Gasteiger partial charge in [-0.3, -0.25) is 9.78 Å². The molecule has 2 rings (SSSR count). The second-order valence-corrected chi connectivity index (χ2v) is 6.11. The van der Waals surface area contributed by atoms with Crippen molar-refractivity contribution in [3.8, 4) is 17.2 Å². The van der Waals surface area contributed by atoms with Crippen LogP contribution >= 0.6 is 0 Å². The van der Waals surface area contributed by atoms with E-state index in [0.29, 0.717) is 41.0 Å². The lowest BCUT2D eigenvalue weighted by molar-refractivity contribution is 0.0948. The van der Waals surface area contributed by atoms with Gasteiger partial charge in [-0.05, 0) is 12.0 Å². The van der Waals surface area contributed by atoms with Crippen molar-refractivity contribution in [1.82, 2.24) is 10.3 Å². The van der Waals surface area contributed by atoms with Crippen molar-refractivity contribution in [1.29, 1.82) is 0 Å². The van der Waals surface area contributed by atoms with E-state index in [0.717, 1.165) is 5.69 Å². The summed E-state index contributed by atoms with van der Waals surface area (Å²) in [6.45, 7) is 4.70. The van der Waals surface area contributed by atoms with Crippen molar-refractivity contribution in [2.24, 2.45) is 5.92 Å². The number of anilines is 2. The molecule has 0 aliphatic rings. The number of pyridine rings is 1. The van der Waals surface area contributed by atoms with Crippen LogP contribution in [-0.2, 0) is 0 Å². The minimum absolute atomic E-state index is 0.153. The molecule has 0 spiro atoms. The maximum absolute atomic E-state index is 12.2. The molecule has 0 aliphatic heterocycles. The average Bonchev–Trinajstić information content (AvgIpc) is 2.65. The number of carbonyl (C=O) groups is 1. The van der Waals surface area contributed by atoms with E-state index in [1.165, 1.54) is 6.20 Å². The maximum atomic E-state index is 12.2. The zero-order chi connectivity index (χ0) is 19.1. The number of rotatable bonds is 8. The van der Waals surface area contributed by atoms with Crippen molar-refractivity contribution in [2.75, 3.05) is 33.2 Å². The van der Waals surface area contributed by atoms with E-state index in [4.69, 9.17) is 14.2 Å². The van der Waals surface area contributed by atoms with Crippen LogP contribution in [0.5, 0.6) is 17.2 Å². The maximum Gasteiger partial charge on any atom is 0.252 e. The molecule has 26 heavy (non-hydrogen) atoms. The number of hydrogen-bond acceptors (Lipinski definition) is 6. The zero-order valence-electron chi connectivity index (χ0n) is 15.8. The molecule has 2 aromatic rings. The van der Waals surface area contributed by atoms with Gasteiger partial charge in [0.25, 0.3) is 5.91 Å². The van der Waals surface area contributed by atoms with Crippen molar-refractivity contribution in [2.45, 2.75) is 13.8 Å². The van der Waals surface area contributed by atoms with E-state index < -0.39 is 0 Å². The summed E-state index contributed by atoms with van der Waals surface area (Å²) in [6.07, 6.45) is 3.18. The molecule has 0 fully saturated rings. The predicted molar refractivity (Wildman–Crippen MR) is 101 cm³/mol. The lowest BCUT2D eigenvalue weighted by Gasteiger charge is -2.15. The Labute approximate surface area is 153 Å². The lowest BCUT2D eigenvalue weighted by Crippen LogP contribution is -2.27. The van der Waals surface area contributed by atoms with E-state index in [9.17, 15) is 4.79 Å². The Kier molecular flexibility index (Phi) is 6.66. The van der Waals surface area contributed by atoms with Gasteiger partial charge in [0, 0.05) is 30.6 Å². The topological polar surface area (TPSA) is 81.7 Å². The van der Waals surface area contributed by atoms with E-state index in [2.05, 4.69) is 15.6 Å². The van der Waals surface area contributed by atoms with Crippen molar-refractivity contribution < 1.29 is 19.0 Å². The molecule has 7 heteroatoms. The number of benzene rings is 1. The summed E-state index contributed by atoms with van der Waals surface area (Å²) >= 11 is 0. The third kappa shape index (κ3) is 4.78. The van der Waals surface area contributed by atoms with Gasteiger partial charge in [-0.25, -0.2) is 0 Å². The highest BCUT2D eigenvalue weighted by atomic mass is 16.5. The highest BCUT2D eigenvalue weighted by Crippen LogP contribution is 2.40. The van der Waals surface area contributed by atoms with Crippen LogP contribution in [0.4, 0.5) is 11.4 Å². The summed E-state index contributed by atoms with van der Waals surface area (Å²) in [5.74, 6) is 1.81. The van der Waals surface area contributed by atoms with Gasteiger partial charge < -0.3 is 24.8 Å². The Hall–Kier alpha value is -2.96. The molecule has 1 amide bonds. The van der Waals surface area contributed by atoms with Crippen molar-refractivity contribution in [3.05, 3.63) is 36.2 Å². The molecule has 0 radical (unpaired) electrons. The fourth-order valence-corrected chi connectivity index (χ4v) is 2.35.